The van der Waals surface area contributed by atoms with E-state index in [1.54, 1.807) is 0 Å². The lowest BCUT2D eigenvalue weighted by molar-refractivity contribution is 0.734. The number of hydrogen-bond acceptors (Lipinski definition) is 2. The van der Waals surface area contributed by atoms with Crippen molar-refractivity contribution in [3.8, 4) is 0 Å². The van der Waals surface area contributed by atoms with Gasteiger partial charge in [0.1, 0.15) is 0 Å². The van der Waals surface area contributed by atoms with Gasteiger partial charge in [-0.05, 0) is 99.8 Å². The molecule has 1 atom stereocenters. The third-order valence-corrected chi connectivity index (χ3v) is 14.5. The SMILES string of the molecule is CC1C=C(n2c3c(c4cccc([Si](C5=CCCC(c6ccccc6)=C5)(c5cccnc5)c5cccnc5)c42)CCC=C3)C=CC1. The topological polar surface area (TPSA) is 30.7 Å². The molecule has 0 saturated heterocycles. The fourth-order valence-corrected chi connectivity index (χ4v) is 12.8. The third kappa shape index (κ3) is 4.63. The second kappa shape index (κ2) is 11.6. The molecular formula is C41H37N3Si. The minimum atomic E-state index is -2.93. The van der Waals surface area contributed by atoms with E-state index < -0.39 is 8.07 Å². The molecule has 45 heavy (non-hydrogen) atoms. The van der Waals surface area contributed by atoms with E-state index in [0.717, 1.165) is 32.1 Å². The fourth-order valence-electron chi connectivity index (χ4n) is 7.80. The number of hydrogen-bond donors (Lipinski definition) is 0. The number of aromatic nitrogens is 3. The number of benzene rings is 2. The van der Waals surface area contributed by atoms with Crippen LogP contribution in [0.3, 0.4) is 0 Å². The van der Waals surface area contributed by atoms with Gasteiger partial charge in [0, 0.05) is 41.6 Å². The molecule has 3 aliphatic carbocycles. The molecule has 3 aliphatic rings. The van der Waals surface area contributed by atoms with Gasteiger partial charge in [0.25, 0.3) is 0 Å². The van der Waals surface area contributed by atoms with Gasteiger partial charge in [-0.2, -0.15) is 0 Å². The zero-order valence-corrected chi connectivity index (χ0v) is 26.7. The van der Waals surface area contributed by atoms with Crippen molar-refractivity contribution in [1.82, 2.24) is 14.5 Å². The third-order valence-electron chi connectivity index (χ3n) is 9.76. The van der Waals surface area contributed by atoms with Crippen LogP contribution in [0.1, 0.15) is 49.4 Å². The summed E-state index contributed by atoms with van der Waals surface area (Å²) in [6, 6.07) is 26.8. The van der Waals surface area contributed by atoms with Crippen LogP contribution in [-0.2, 0) is 6.42 Å². The predicted molar refractivity (Wildman–Crippen MR) is 191 cm³/mol. The molecule has 220 valence electrons. The average molecular weight is 600 g/mol. The standard InChI is InChI=1S/C41H37N3Si/c1-30-12-7-16-33(26-30)44-39-22-6-5-20-37(39)38-21-9-23-40(41(38)44)45(35-18-10-24-42-28-35,36-19-11-25-43-29-36)34-17-8-15-32(27-34)31-13-3-2-4-14-31/h2-4,6-7,9-11,13-14,16-19,21-30H,5,8,12,15,20H2,1H3. The van der Waals surface area contributed by atoms with E-state index >= 15 is 0 Å². The number of fused-ring (bicyclic) bond motifs is 3. The Bertz CT molecular complexity index is 1990. The van der Waals surface area contributed by atoms with Crippen LogP contribution in [0.4, 0.5) is 0 Å². The number of nitrogens with zero attached hydrogens (tertiary/aromatic N) is 3. The molecule has 3 nitrogen and oxygen atoms in total. The van der Waals surface area contributed by atoms with Gasteiger partial charge in [-0.3, -0.25) is 9.97 Å². The summed E-state index contributed by atoms with van der Waals surface area (Å²) >= 11 is 0. The highest BCUT2D eigenvalue weighted by Crippen LogP contribution is 2.38. The van der Waals surface area contributed by atoms with Crippen LogP contribution in [0, 0.1) is 5.92 Å². The van der Waals surface area contributed by atoms with Crippen LogP contribution >= 0.6 is 0 Å². The second-order valence-corrected chi connectivity index (χ2v) is 16.3. The normalized spacial score (nSPS) is 17.9. The lowest BCUT2D eigenvalue weighted by atomic mass is 9.97. The average Bonchev–Trinajstić information content (AvgIpc) is 3.45. The monoisotopic (exact) mass is 599 g/mol. The van der Waals surface area contributed by atoms with Gasteiger partial charge in [-0.25, -0.2) is 0 Å². The van der Waals surface area contributed by atoms with E-state index in [-0.39, 0.29) is 0 Å². The second-order valence-electron chi connectivity index (χ2n) is 12.5. The van der Waals surface area contributed by atoms with Crippen molar-refractivity contribution in [2.45, 2.75) is 39.0 Å². The highest BCUT2D eigenvalue weighted by Gasteiger charge is 2.45. The fraction of sp³-hybridized carbons (Fsp3) is 0.171. The van der Waals surface area contributed by atoms with Crippen LogP contribution in [0.5, 0.6) is 0 Å². The molecule has 0 radical (unpaired) electrons. The van der Waals surface area contributed by atoms with Gasteiger partial charge in [-0.15, -0.1) is 0 Å². The summed E-state index contributed by atoms with van der Waals surface area (Å²) in [7, 11) is -2.93. The summed E-state index contributed by atoms with van der Waals surface area (Å²) in [5.41, 5.74) is 8.09. The van der Waals surface area contributed by atoms with Crippen LogP contribution in [-0.4, -0.2) is 22.6 Å². The van der Waals surface area contributed by atoms with Crippen LogP contribution < -0.4 is 15.6 Å². The van der Waals surface area contributed by atoms with Crippen molar-refractivity contribution in [3.63, 3.8) is 0 Å². The number of aryl methyl sites for hydroxylation is 1. The highest BCUT2D eigenvalue weighted by molar-refractivity contribution is 7.17. The van der Waals surface area contributed by atoms with Gasteiger partial charge in [0.15, 0.2) is 8.07 Å². The Morgan fingerprint density at radius 1 is 0.778 bits per heavy atom. The first-order chi connectivity index (χ1) is 22.2. The number of pyridine rings is 2. The predicted octanol–water partition coefficient (Wildman–Crippen LogP) is 7.64. The summed E-state index contributed by atoms with van der Waals surface area (Å²) in [5.74, 6) is 0.494. The lowest BCUT2D eigenvalue weighted by Crippen LogP contribution is -2.69. The number of rotatable bonds is 6. The first kappa shape index (κ1) is 27.7. The van der Waals surface area contributed by atoms with E-state index in [0.29, 0.717) is 5.92 Å². The van der Waals surface area contributed by atoms with Crippen molar-refractivity contribution in [3.05, 3.63) is 156 Å². The first-order valence-corrected chi connectivity index (χ1v) is 18.2. The molecule has 1 unspecified atom stereocenters. The minimum Gasteiger partial charge on any atom is -0.310 e. The maximum absolute atomic E-state index is 4.77. The van der Waals surface area contributed by atoms with Gasteiger partial charge in [-0.1, -0.05) is 98.0 Å². The summed E-state index contributed by atoms with van der Waals surface area (Å²) in [6.07, 6.45) is 30.2. The summed E-state index contributed by atoms with van der Waals surface area (Å²) < 4.78 is 2.58. The van der Waals surface area contributed by atoms with Crippen molar-refractivity contribution in [2.75, 3.05) is 0 Å². The molecule has 2 aromatic carbocycles. The Morgan fingerprint density at radius 3 is 2.31 bits per heavy atom. The molecule has 0 saturated carbocycles. The summed E-state index contributed by atoms with van der Waals surface area (Å²) in [4.78, 5) is 9.53. The molecule has 0 spiro atoms. The van der Waals surface area contributed by atoms with Crippen LogP contribution in [0.2, 0.25) is 0 Å². The largest absolute Gasteiger partial charge is 0.310 e. The number of para-hydroxylation sites is 1. The maximum atomic E-state index is 4.77. The molecule has 0 amide bonds. The van der Waals surface area contributed by atoms with Crippen LogP contribution in [0.25, 0.3) is 28.2 Å². The molecular weight excluding hydrogens is 563 g/mol. The van der Waals surface area contributed by atoms with Gasteiger partial charge < -0.3 is 4.57 Å². The van der Waals surface area contributed by atoms with Gasteiger partial charge in [0.2, 0.25) is 0 Å². The molecule has 0 fully saturated rings. The molecule has 0 aliphatic heterocycles. The number of allylic oxidation sites excluding steroid dienone is 9. The smallest absolute Gasteiger partial charge is 0.184 e. The molecule has 0 bridgehead atoms. The van der Waals surface area contributed by atoms with E-state index in [4.69, 9.17) is 9.97 Å². The highest BCUT2D eigenvalue weighted by atomic mass is 28.3. The van der Waals surface area contributed by atoms with Crippen LogP contribution in [0.15, 0.2) is 139 Å². The van der Waals surface area contributed by atoms with Crippen molar-refractivity contribution < 1.29 is 0 Å². The van der Waals surface area contributed by atoms with E-state index in [9.17, 15) is 0 Å². The minimum absolute atomic E-state index is 0.494. The van der Waals surface area contributed by atoms with E-state index in [1.807, 2.05) is 12.4 Å². The lowest BCUT2D eigenvalue weighted by Gasteiger charge is -2.37. The molecule has 4 heteroatoms. The first-order valence-electron chi connectivity index (χ1n) is 16.2. The van der Waals surface area contributed by atoms with E-state index in [1.165, 1.54) is 59.8 Å². The van der Waals surface area contributed by atoms with Gasteiger partial charge in [0.05, 0.1) is 5.52 Å². The molecule has 8 rings (SSSR count). The Morgan fingerprint density at radius 2 is 1.58 bits per heavy atom. The zero-order valence-electron chi connectivity index (χ0n) is 25.7. The van der Waals surface area contributed by atoms with Crippen molar-refractivity contribution in [1.29, 1.82) is 0 Å². The molecule has 5 aromatic rings. The van der Waals surface area contributed by atoms with Crippen molar-refractivity contribution in [2.24, 2.45) is 5.92 Å². The van der Waals surface area contributed by atoms with Gasteiger partial charge >= 0.3 is 0 Å². The molecule has 0 N–H and O–H groups in total. The quantitative estimate of drug-likeness (QED) is 0.188. The van der Waals surface area contributed by atoms with E-state index in [2.05, 4.69) is 139 Å². The Balaban J connectivity index is 1.52. The Labute approximate surface area is 266 Å². The Kier molecular flexibility index (Phi) is 7.15. The summed E-state index contributed by atoms with van der Waals surface area (Å²) in [6.45, 7) is 2.32. The zero-order chi connectivity index (χ0) is 30.2. The molecule has 3 heterocycles. The van der Waals surface area contributed by atoms with Crippen molar-refractivity contribution >= 4 is 51.9 Å². The maximum Gasteiger partial charge on any atom is 0.184 e. The summed E-state index contributed by atoms with van der Waals surface area (Å²) in [5, 5.41) is 6.74. The Hall–Kier alpha value is -4.80. The molecule has 3 aromatic heterocycles.